The van der Waals surface area contributed by atoms with Crippen LogP contribution in [0.3, 0.4) is 0 Å². The number of rotatable bonds is 1. The molecule has 3 heterocycles. The molecule has 2 aliphatic heterocycles. The van der Waals surface area contributed by atoms with E-state index in [0.717, 1.165) is 41.9 Å². The van der Waals surface area contributed by atoms with E-state index < -0.39 is 0 Å². The molecule has 0 spiro atoms. The van der Waals surface area contributed by atoms with Crippen LogP contribution in [0.2, 0.25) is 0 Å². The SMILES string of the molecule is Cc1cc2c(cn1)CN(C(=O)c1cccc3c1NCCC3)C2. The average molecular weight is 293 g/mol. The molecule has 112 valence electrons. The number of aryl methyl sites for hydroxylation is 2. The first-order valence-electron chi connectivity index (χ1n) is 7.82. The van der Waals surface area contributed by atoms with Crippen molar-refractivity contribution in [2.24, 2.45) is 0 Å². The van der Waals surface area contributed by atoms with Gasteiger partial charge in [0, 0.05) is 31.5 Å². The van der Waals surface area contributed by atoms with Gasteiger partial charge in [-0.1, -0.05) is 12.1 Å². The van der Waals surface area contributed by atoms with Crippen LogP contribution < -0.4 is 5.32 Å². The number of hydrogen-bond donors (Lipinski definition) is 1. The lowest BCUT2D eigenvalue weighted by atomic mass is 9.99. The monoisotopic (exact) mass is 293 g/mol. The van der Waals surface area contributed by atoms with E-state index >= 15 is 0 Å². The van der Waals surface area contributed by atoms with Crippen LogP contribution in [0.15, 0.2) is 30.5 Å². The molecule has 4 nitrogen and oxygen atoms in total. The van der Waals surface area contributed by atoms with Gasteiger partial charge in [-0.3, -0.25) is 9.78 Å². The molecular weight excluding hydrogens is 274 g/mol. The van der Waals surface area contributed by atoms with Crippen molar-refractivity contribution in [2.45, 2.75) is 32.9 Å². The fourth-order valence-electron chi connectivity index (χ4n) is 3.40. The second-order valence-electron chi connectivity index (χ2n) is 6.13. The van der Waals surface area contributed by atoms with Crippen LogP contribution in [0.5, 0.6) is 0 Å². The number of hydrogen-bond acceptors (Lipinski definition) is 3. The van der Waals surface area contributed by atoms with Gasteiger partial charge in [0.05, 0.1) is 11.3 Å². The van der Waals surface area contributed by atoms with E-state index in [1.54, 1.807) is 0 Å². The predicted octanol–water partition coefficient (Wildman–Crippen LogP) is 2.90. The van der Waals surface area contributed by atoms with Crippen LogP contribution in [0, 0.1) is 6.92 Å². The smallest absolute Gasteiger partial charge is 0.256 e. The maximum absolute atomic E-state index is 12.9. The van der Waals surface area contributed by atoms with E-state index in [0.29, 0.717) is 13.1 Å². The number of carbonyl (C=O) groups excluding carboxylic acids is 1. The fourth-order valence-corrected chi connectivity index (χ4v) is 3.40. The summed E-state index contributed by atoms with van der Waals surface area (Å²) in [7, 11) is 0. The van der Waals surface area contributed by atoms with Crippen LogP contribution in [0.25, 0.3) is 0 Å². The van der Waals surface area contributed by atoms with E-state index in [9.17, 15) is 4.79 Å². The van der Waals surface area contributed by atoms with Crippen LogP contribution in [0.1, 0.15) is 39.2 Å². The molecular formula is C18H19N3O. The van der Waals surface area contributed by atoms with Crippen molar-refractivity contribution in [1.82, 2.24) is 9.88 Å². The van der Waals surface area contributed by atoms with Crippen molar-refractivity contribution in [2.75, 3.05) is 11.9 Å². The number of carbonyl (C=O) groups is 1. The maximum atomic E-state index is 12.9. The molecule has 0 fully saturated rings. The Balaban J connectivity index is 1.64. The van der Waals surface area contributed by atoms with E-state index in [4.69, 9.17) is 0 Å². The Labute approximate surface area is 130 Å². The highest BCUT2D eigenvalue weighted by molar-refractivity contribution is 6.00. The zero-order valence-electron chi connectivity index (χ0n) is 12.7. The third kappa shape index (κ3) is 2.15. The quantitative estimate of drug-likeness (QED) is 0.879. The van der Waals surface area contributed by atoms with E-state index in [1.165, 1.54) is 11.1 Å². The molecule has 0 radical (unpaired) electrons. The molecule has 0 atom stereocenters. The lowest BCUT2D eigenvalue weighted by molar-refractivity contribution is 0.0752. The molecule has 2 aliphatic rings. The average Bonchev–Trinajstić information content (AvgIpc) is 2.96. The minimum absolute atomic E-state index is 0.111. The van der Waals surface area contributed by atoms with Crippen molar-refractivity contribution in [3.05, 3.63) is 58.4 Å². The number of anilines is 1. The van der Waals surface area contributed by atoms with Crippen molar-refractivity contribution in [1.29, 1.82) is 0 Å². The molecule has 1 aromatic carbocycles. The summed E-state index contributed by atoms with van der Waals surface area (Å²) < 4.78 is 0. The largest absolute Gasteiger partial charge is 0.384 e. The van der Waals surface area contributed by atoms with Gasteiger partial charge < -0.3 is 10.2 Å². The van der Waals surface area contributed by atoms with Gasteiger partial charge in [-0.2, -0.15) is 0 Å². The highest BCUT2D eigenvalue weighted by Crippen LogP contribution is 2.30. The first kappa shape index (κ1) is 13.3. The Morgan fingerprint density at radius 1 is 1.23 bits per heavy atom. The van der Waals surface area contributed by atoms with Gasteiger partial charge in [0.1, 0.15) is 0 Å². The molecule has 1 amide bonds. The lowest BCUT2D eigenvalue weighted by Crippen LogP contribution is -2.27. The number of fused-ring (bicyclic) bond motifs is 2. The number of aromatic nitrogens is 1. The summed E-state index contributed by atoms with van der Waals surface area (Å²) in [6.07, 6.45) is 4.08. The minimum Gasteiger partial charge on any atom is -0.384 e. The summed E-state index contributed by atoms with van der Waals surface area (Å²) >= 11 is 0. The minimum atomic E-state index is 0.111. The number of amides is 1. The summed E-state index contributed by atoms with van der Waals surface area (Å²) in [5.74, 6) is 0.111. The van der Waals surface area contributed by atoms with Crippen LogP contribution in [-0.2, 0) is 19.5 Å². The third-order valence-electron chi connectivity index (χ3n) is 4.54. The summed E-state index contributed by atoms with van der Waals surface area (Å²) in [6.45, 7) is 4.27. The topological polar surface area (TPSA) is 45.2 Å². The summed E-state index contributed by atoms with van der Waals surface area (Å²) in [4.78, 5) is 19.2. The highest BCUT2D eigenvalue weighted by atomic mass is 16.2. The standard InChI is InChI=1S/C18H19N3O/c1-12-8-14-10-21(11-15(14)9-20-12)18(22)16-6-2-4-13-5-3-7-19-17(13)16/h2,4,6,8-9,19H,3,5,7,10-11H2,1H3. The Morgan fingerprint density at radius 2 is 2.09 bits per heavy atom. The first-order valence-corrected chi connectivity index (χ1v) is 7.82. The second-order valence-corrected chi connectivity index (χ2v) is 6.13. The molecule has 0 aliphatic carbocycles. The van der Waals surface area contributed by atoms with Crippen LogP contribution >= 0.6 is 0 Å². The van der Waals surface area contributed by atoms with E-state index in [-0.39, 0.29) is 5.91 Å². The summed E-state index contributed by atoms with van der Waals surface area (Å²) in [5, 5.41) is 3.41. The van der Waals surface area contributed by atoms with Crippen LogP contribution in [-0.4, -0.2) is 22.3 Å². The third-order valence-corrected chi connectivity index (χ3v) is 4.54. The van der Waals surface area contributed by atoms with Crippen molar-refractivity contribution in [3.63, 3.8) is 0 Å². The van der Waals surface area contributed by atoms with Gasteiger partial charge in [-0.05, 0) is 48.6 Å². The van der Waals surface area contributed by atoms with Gasteiger partial charge in [0.25, 0.3) is 5.91 Å². The number of para-hydroxylation sites is 1. The molecule has 4 heteroatoms. The Morgan fingerprint density at radius 3 is 3.00 bits per heavy atom. The Kier molecular flexibility index (Phi) is 3.10. The summed E-state index contributed by atoms with van der Waals surface area (Å²) in [5.41, 5.74) is 6.48. The lowest BCUT2D eigenvalue weighted by Gasteiger charge is -2.23. The highest BCUT2D eigenvalue weighted by Gasteiger charge is 2.27. The first-order chi connectivity index (χ1) is 10.7. The van der Waals surface area contributed by atoms with Crippen molar-refractivity contribution < 1.29 is 4.79 Å². The predicted molar refractivity (Wildman–Crippen MR) is 85.8 cm³/mol. The van der Waals surface area contributed by atoms with Gasteiger partial charge >= 0.3 is 0 Å². The van der Waals surface area contributed by atoms with Crippen LogP contribution in [0.4, 0.5) is 5.69 Å². The molecule has 2 aromatic rings. The molecule has 22 heavy (non-hydrogen) atoms. The van der Waals surface area contributed by atoms with Crippen molar-refractivity contribution >= 4 is 11.6 Å². The fraction of sp³-hybridized carbons (Fsp3) is 0.333. The van der Waals surface area contributed by atoms with E-state index in [2.05, 4.69) is 22.4 Å². The van der Waals surface area contributed by atoms with Gasteiger partial charge in [-0.15, -0.1) is 0 Å². The zero-order chi connectivity index (χ0) is 15.1. The molecule has 4 rings (SSSR count). The van der Waals surface area contributed by atoms with Crippen molar-refractivity contribution in [3.8, 4) is 0 Å². The maximum Gasteiger partial charge on any atom is 0.256 e. The molecule has 0 unspecified atom stereocenters. The van der Waals surface area contributed by atoms with E-state index in [1.807, 2.05) is 30.2 Å². The second kappa shape index (κ2) is 5.13. The van der Waals surface area contributed by atoms with Gasteiger partial charge in [0.15, 0.2) is 0 Å². The summed E-state index contributed by atoms with van der Waals surface area (Å²) in [6, 6.07) is 8.13. The molecule has 1 aromatic heterocycles. The number of benzene rings is 1. The zero-order valence-corrected chi connectivity index (χ0v) is 12.7. The molecule has 0 bridgehead atoms. The molecule has 0 saturated heterocycles. The number of pyridine rings is 1. The number of nitrogens with one attached hydrogen (secondary N) is 1. The number of nitrogens with zero attached hydrogens (tertiary/aromatic N) is 2. The molecule has 0 saturated carbocycles. The van der Waals surface area contributed by atoms with Gasteiger partial charge in [-0.25, -0.2) is 0 Å². The Hall–Kier alpha value is -2.36. The van der Waals surface area contributed by atoms with Gasteiger partial charge in [0.2, 0.25) is 0 Å². The Bertz CT molecular complexity index is 754. The molecule has 1 N–H and O–H groups in total. The normalized spacial score (nSPS) is 16.0.